The molecule has 0 unspecified atom stereocenters. The number of methoxy groups -OCH3 is 1. The van der Waals surface area contributed by atoms with Gasteiger partial charge in [-0.1, -0.05) is 0 Å². The van der Waals surface area contributed by atoms with E-state index in [-0.39, 0.29) is 0 Å². The van der Waals surface area contributed by atoms with Crippen LogP contribution in [0.3, 0.4) is 0 Å². The van der Waals surface area contributed by atoms with E-state index in [1.54, 1.807) is 19.2 Å². The van der Waals surface area contributed by atoms with Gasteiger partial charge in [0.05, 0.1) is 12.8 Å². The molecule has 0 aromatic carbocycles. The van der Waals surface area contributed by atoms with Gasteiger partial charge in [0.2, 0.25) is 0 Å². The lowest BCUT2D eigenvalue weighted by molar-refractivity contribution is 0.0600. The summed E-state index contributed by atoms with van der Waals surface area (Å²) in [7, 11) is 1.31. The van der Waals surface area contributed by atoms with Crippen LogP contribution >= 0.6 is 0 Å². The van der Waals surface area contributed by atoms with Crippen LogP contribution in [-0.4, -0.2) is 18.1 Å². The second kappa shape index (κ2) is 3.21. The van der Waals surface area contributed by atoms with Gasteiger partial charge in [0, 0.05) is 11.9 Å². The number of hydrogen-bond acceptors (Lipinski definition) is 4. The SMILES string of the molecule is COC(=O)c1c(N)ccnc1C. The summed E-state index contributed by atoms with van der Waals surface area (Å²) < 4.78 is 4.54. The Kier molecular flexibility index (Phi) is 2.28. The summed E-state index contributed by atoms with van der Waals surface area (Å²) in [6, 6.07) is 1.57. The maximum Gasteiger partial charge on any atom is 0.341 e. The topological polar surface area (TPSA) is 65.2 Å². The molecular weight excluding hydrogens is 156 g/mol. The zero-order valence-corrected chi connectivity index (χ0v) is 7.00. The van der Waals surface area contributed by atoms with E-state index in [0.29, 0.717) is 16.9 Å². The average Bonchev–Trinajstić information content (AvgIpc) is 2.03. The van der Waals surface area contributed by atoms with Crippen molar-refractivity contribution in [1.29, 1.82) is 0 Å². The highest BCUT2D eigenvalue weighted by Crippen LogP contribution is 2.14. The van der Waals surface area contributed by atoms with Crippen molar-refractivity contribution in [1.82, 2.24) is 4.98 Å². The third kappa shape index (κ3) is 1.37. The molecule has 0 aliphatic carbocycles. The van der Waals surface area contributed by atoms with Crippen LogP contribution in [0.15, 0.2) is 12.3 Å². The first kappa shape index (κ1) is 8.52. The summed E-state index contributed by atoms with van der Waals surface area (Å²) in [5.74, 6) is -0.446. The van der Waals surface area contributed by atoms with Gasteiger partial charge in [-0.15, -0.1) is 0 Å². The van der Waals surface area contributed by atoms with Crippen molar-refractivity contribution in [3.8, 4) is 0 Å². The second-order valence-corrected chi connectivity index (χ2v) is 2.35. The van der Waals surface area contributed by atoms with Gasteiger partial charge in [-0.25, -0.2) is 4.79 Å². The van der Waals surface area contributed by atoms with Crippen LogP contribution in [0.2, 0.25) is 0 Å². The summed E-state index contributed by atoms with van der Waals surface area (Å²) >= 11 is 0. The van der Waals surface area contributed by atoms with E-state index in [1.807, 2.05) is 0 Å². The van der Waals surface area contributed by atoms with E-state index in [1.165, 1.54) is 7.11 Å². The van der Waals surface area contributed by atoms with Crippen LogP contribution < -0.4 is 5.73 Å². The molecule has 0 atom stereocenters. The van der Waals surface area contributed by atoms with E-state index in [2.05, 4.69) is 9.72 Å². The lowest BCUT2D eigenvalue weighted by atomic mass is 10.2. The molecule has 64 valence electrons. The molecule has 1 aromatic heterocycles. The highest BCUT2D eigenvalue weighted by Gasteiger charge is 2.12. The average molecular weight is 166 g/mol. The van der Waals surface area contributed by atoms with Gasteiger partial charge in [0.25, 0.3) is 0 Å². The molecule has 0 amide bonds. The lowest BCUT2D eigenvalue weighted by Gasteiger charge is -2.04. The Hall–Kier alpha value is -1.58. The molecule has 0 saturated heterocycles. The van der Waals surface area contributed by atoms with Crippen molar-refractivity contribution in [3.63, 3.8) is 0 Å². The van der Waals surface area contributed by atoms with Crippen molar-refractivity contribution >= 4 is 11.7 Å². The Bertz CT molecular complexity index is 290. The number of nitrogens with two attached hydrogens (primary N) is 1. The summed E-state index contributed by atoms with van der Waals surface area (Å²) in [4.78, 5) is 15.0. The Morgan fingerprint density at radius 1 is 1.67 bits per heavy atom. The number of nitrogens with zero attached hydrogens (tertiary/aromatic N) is 1. The first-order chi connectivity index (χ1) is 5.66. The highest BCUT2D eigenvalue weighted by atomic mass is 16.5. The van der Waals surface area contributed by atoms with Crippen LogP contribution in [0, 0.1) is 6.92 Å². The number of carbonyl (C=O) groups excluding carboxylic acids is 1. The third-order valence-corrected chi connectivity index (χ3v) is 1.56. The van der Waals surface area contributed by atoms with E-state index in [4.69, 9.17) is 5.73 Å². The normalized spacial score (nSPS) is 9.50. The summed E-state index contributed by atoms with van der Waals surface area (Å²) in [5, 5.41) is 0. The zero-order chi connectivity index (χ0) is 9.14. The number of aryl methyl sites for hydroxylation is 1. The zero-order valence-electron chi connectivity index (χ0n) is 7.00. The molecule has 0 bridgehead atoms. The van der Waals surface area contributed by atoms with Gasteiger partial charge in [0.1, 0.15) is 5.56 Å². The Morgan fingerprint density at radius 3 is 2.83 bits per heavy atom. The molecule has 4 nitrogen and oxygen atoms in total. The largest absolute Gasteiger partial charge is 0.465 e. The quantitative estimate of drug-likeness (QED) is 0.625. The molecule has 0 aliphatic rings. The number of aromatic nitrogens is 1. The van der Waals surface area contributed by atoms with E-state index in [9.17, 15) is 4.79 Å². The van der Waals surface area contributed by atoms with Crippen molar-refractivity contribution in [2.75, 3.05) is 12.8 Å². The van der Waals surface area contributed by atoms with E-state index >= 15 is 0 Å². The van der Waals surface area contributed by atoms with Gasteiger partial charge in [-0.3, -0.25) is 4.98 Å². The third-order valence-electron chi connectivity index (χ3n) is 1.56. The van der Waals surface area contributed by atoms with Crippen molar-refractivity contribution in [3.05, 3.63) is 23.5 Å². The van der Waals surface area contributed by atoms with Crippen molar-refractivity contribution in [2.45, 2.75) is 6.92 Å². The number of ether oxygens (including phenoxy) is 1. The molecule has 0 aliphatic heterocycles. The van der Waals surface area contributed by atoms with Gasteiger partial charge in [0.15, 0.2) is 0 Å². The van der Waals surface area contributed by atoms with E-state index < -0.39 is 5.97 Å². The molecule has 0 saturated carbocycles. The van der Waals surface area contributed by atoms with Crippen LogP contribution in [0.4, 0.5) is 5.69 Å². The Morgan fingerprint density at radius 2 is 2.33 bits per heavy atom. The van der Waals surface area contributed by atoms with E-state index in [0.717, 1.165) is 0 Å². The molecule has 1 heterocycles. The Labute approximate surface area is 70.4 Å². The van der Waals surface area contributed by atoms with Crippen LogP contribution in [0.1, 0.15) is 16.1 Å². The van der Waals surface area contributed by atoms with Gasteiger partial charge in [-0.2, -0.15) is 0 Å². The van der Waals surface area contributed by atoms with Gasteiger partial charge in [-0.05, 0) is 13.0 Å². The molecule has 1 rings (SSSR count). The molecule has 0 spiro atoms. The molecule has 0 radical (unpaired) electrons. The second-order valence-electron chi connectivity index (χ2n) is 2.35. The number of nitrogen functional groups attached to an aromatic ring is 1. The monoisotopic (exact) mass is 166 g/mol. The van der Waals surface area contributed by atoms with Gasteiger partial charge >= 0.3 is 5.97 Å². The summed E-state index contributed by atoms with van der Waals surface area (Å²) in [6.45, 7) is 1.71. The maximum atomic E-state index is 11.1. The maximum absolute atomic E-state index is 11.1. The number of pyridine rings is 1. The number of anilines is 1. The van der Waals surface area contributed by atoms with Crippen LogP contribution in [0.5, 0.6) is 0 Å². The smallest absolute Gasteiger partial charge is 0.341 e. The number of esters is 1. The molecule has 0 fully saturated rings. The Balaban J connectivity index is 3.21. The fourth-order valence-corrected chi connectivity index (χ4v) is 0.954. The molecular formula is C8H10N2O2. The molecule has 1 aromatic rings. The van der Waals surface area contributed by atoms with Crippen molar-refractivity contribution in [2.24, 2.45) is 0 Å². The minimum atomic E-state index is -0.446. The first-order valence-corrected chi connectivity index (χ1v) is 3.46. The number of carbonyl (C=O) groups is 1. The minimum Gasteiger partial charge on any atom is -0.465 e. The summed E-state index contributed by atoms with van der Waals surface area (Å²) in [6.07, 6.45) is 1.55. The lowest BCUT2D eigenvalue weighted by Crippen LogP contribution is -2.08. The predicted octanol–water partition coefficient (Wildman–Crippen LogP) is 0.759. The highest BCUT2D eigenvalue weighted by molar-refractivity contribution is 5.95. The predicted molar refractivity (Wildman–Crippen MR) is 44.7 cm³/mol. The number of hydrogen-bond donors (Lipinski definition) is 1. The first-order valence-electron chi connectivity index (χ1n) is 3.46. The fraction of sp³-hybridized carbons (Fsp3) is 0.250. The molecule has 12 heavy (non-hydrogen) atoms. The van der Waals surface area contributed by atoms with Crippen molar-refractivity contribution < 1.29 is 9.53 Å². The fourth-order valence-electron chi connectivity index (χ4n) is 0.954. The molecule has 4 heteroatoms. The van der Waals surface area contributed by atoms with Gasteiger partial charge < -0.3 is 10.5 Å². The van der Waals surface area contributed by atoms with Crippen LogP contribution in [-0.2, 0) is 4.74 Å². The summed E-state index contributed by atoms with van der Waals surface area (Å²) in [5.41, 5.74) is 6.89. The standard InChI is InChI=1S/C8H10N2O2/c1-5-7(8(11)12-2)6(9)3-4-10-5/h3-4H,1-2H3,(H2,9,10). The minimum absolute atomic E-state index is 0.347. The number of rotatable bonds is 1. The van der Waals surface area contributed by atoms with Crippen LogP contribution in [0.25, 0.3) is 0 Å². The molecule has 2 N–H and O–H groups in total.